The van der Waals surface area contributed by atoms with Gasteiger partial charge in [0.15, 0.2) is 5.41 Å². The van der Waals surface area contributed by atoms with Crippen molar-refractivity contribution in [2.75, 3.05) is 6.61 Å². The number of carbonyl (C=O) groups excluding carboxylic acids is 1. The Bertz CT molecular complexity index is 239. The minimum absolute atomic E-state index is 0.192. The molecule has 0 aliphatic heterocycles. The van der Waals surface area contributed by atoms with E-state index in [9.17, 15) is 9.59 Å². The lowest BCUT2D eigenvalue weighted by molar-refractivity contribution is -0.175. The van der Waals surface area contributed by atoms with Crippen molar-refractivity contribution in [3.63, 3.8) is 0 Å². The molecule has 0 heterocycles. The SMILES string of the molecule is CCOC(=O)C(C)(C(=O)O)C(C)(C)C. The van der Waals surface area contributed by atoms with E-state index >= 15 is 0 Å². The molecular formula is C10H18O4. The van der Waals surface area contributed by atoms with Crippen LogP contribution in [0.25, 0.3) is 0 Å². The van der Waals surface area contributed by atoms with Gasteiger partial charge in [-0.05, 0) is 19.3 Å². The normalized spacial score (nSPS) is 15.8. The van der Waals surface area contributed by atoms with E-state index in [-0.39, 0.29) is 6.61 Å². The zero-order chi connectivity index (χ0) is 11.6. The number of ether oxygens (including phenoxy) is 1. The Hall–Kier alpha value is -1.06. The van der Waals surface area contributed by atoms with Gasteiger partial charge >= 0.3 is 11.9 Å². The number of carboxylic acid groups (broad SMARTS) is 1. The van der Waals surface area contributed by atoms with Crippen LogP contribution in [0, 0.1) is 10.8 Å². The first-order chi connectivity index (χ1) is 6.17. The molecule has 82 valence electrons. The van der Waals surface area contributed by atoms with Crippen molar-refractivity contribution < 1.29 is 19.4 Å². The van der Waals surface area contributed by atoms with Crippen LogP contribution in [-0.2, 0) is 14.3 Å². The lowest BCUT2D eigenvalue weighted by atomic mass is 9.68. The lowest BCUT2D eigenvalue weighted by Crippen LogP contribution is -2.48. The minimum atomic E-state index is -1.50. The fourth-order valence-electron chi connectivity index (χ4n) is 0.990. The Morgan fingerprint density at radius 1 is 1.21 bits per heavy atom. The Morgan fingerprint density at radius 3 is 1.86 bits per heavy atom. The van der Waals surface area contributed by atoms with E-state index in [2.05, 4.69) is 0 Å². The highest BCUT2D eigenvalue weighted by Crippen LogP contribution is 2.39. The molecule has 1 unspecified atom stereocenters. The summed E-state index contributed by atoms with van der Waals surface area (Å²) in [5, 5.41) is 9.06. The van der Waals surface area contributed by atoms with Crippen molar-refractivity contribution in [2.45, 2.75) is 34.6 Å². The van der Waals surface area contributed by atoms with Crippen LogP contribution in [0.1, 0.15) is 34.6 Å². The molecule has 0 aromatic rings. The van der Waals surface area contributed by atoms with Crippen LogP contribution in [0.2, 0.25) is 0 Å². The molecule has 0 bridgehead atoms. The van der Waals surface area contributed by atoms with Crippen LogP contribution in [0.15, 0.2) is 0 Å². The van der Waals surface area contributed by atoms with Gasteiger partial charge < -0.3 is 9.84 Å². The van der Waals surface area contributed by atoms with Crippen molar-refractivity contribution in [1.29, 1.82) is 0 Å². The third kappa shape index (κ3) is 2.05. The molecule has 14 heavy (non-hydrogen) atoms. The molecule has 0 amide bonds. The summed E-state index contributed by atoms with van der Waals surface area (Å²) in [4.78, 5) is 22.6. The van der Waals surface area contributed by atoms with Gasteiger partial charge in [-0.25, -0.2) is 0 Å². The molecule has 0 rings (SSSR count). The molecule has 0 radical (unpaired) electrons. The van der Waals surface area contributed by atoms with Gasteiger partial charge in [-0.2, -0.15) is 0 Å². The summed E-state index contributed by atoms with van der Waals surface area (Å²) >= 11 is 0. The van der Waals surface area contributed by atoms with Crippen LogP contribution < -0.4 is 0 Å². The van der Waals surface area contributed by atoms with Gasteiger partial charge in [-0.15, -0.1) is 0 Å². The number of carbonyl (C=O) groups is 2. The van der Waals surface area contributed by atoms with Crippen molar-refractivity contribution >= 4 is 11.9 Å². The van der Waals surface area contributed by atoms with E-state index in [4.69, 9.17) is 9.84 Å². The maximum atomic E-state index is 11.6. The summed E-state index contributed by atoms with van der Waals surface area (Å²) in [6.07, 6.45) is 0. The van der Waals surface area contributed by atoms with Crippen LogP contribution in [0.4, 0.5) is 0 Å². The second kappa shape index (κ2) is 3.98. The maximum absolute atomic E-state index is 11.6. The van der Waals surface area contributed by atoms with Gasteiger partial charge in [0.1, 0.15) is 0 Å². The fourth-order valence-corrected chi connectivity index (χ4v) is 0.990. The Labute approximate surface area is 84.3 Å². The van der Waals surface area contributed by atoms with Gasteiger partial charge in [-0.3, -0.25) is 9.59 Å². The molecule has 1 atom stereocenters. The summed E-state index contributed by atoms with van der Waals surface area (Å²) in [6.45, 7) is 8.36. The molecule has 4 heteroatoms. The third-order valence-electron chi connectivity index (χ3n) is 2.61. The van der Waals surface area contributed by atoms with Gasteiger partial charge in [0.05, 0.1) is 6.61 Å². The minimum Gasteiger partial charge on any atom is -0.480 e. The monoisotopic (exact) mass is 202 g/mol. The molecule has 0 aromatic carbocycles. The molecule has 0 saturated heterocycles. The molecule has 4 nitrogen and oxygen atoms in total. The molecule has 0 aromatic heterocycles. The summed E-state index contributed by atoms with van der Waals surface area (Å²) in [5.41, 5.74) is -2.17. The molecule has 0 aliphatic rings. The van der Waals surface area contributed by atoms with E-state index in [0.29, 0.717) is 0 Å². The molecule has 0 aliphatic carbocycles. The highest BCUT2D eigenvalue weighted by molar-refractivity contribution is 5.99. The van der Waals surface area contributed by atoms with E-state index in [1.165, 1.54) is 6.92 Å². The molecule has 0 fully saturated rings. The topological polar surface area (TPSA) is 63.6 Å². The third-order valence-corrected chi connectivity index (χ3v) is 2.61. The summed E-state index contributed by atoms with van der Waals surface area (Å²) in [6, 6.07) is 0. The van der Waals surface area contributed by atoms with E-state index in [1.807, 2.05) is 0 Å². The van der Waals surface area contributed by atoms with Crippen molar-refractivity contribution in [3.8, 4) is 0 Å². The Balaban J connectivity index is 5.12. The highest BCUT2D eigenvalue weighted by atomic mass is 16.5. The van der Waals surface area contributed by atoms with E-state index < -0.39 is 22.8 Å². The van der Waals surface area contributed by atoms with E-state index in [1.54, 1.807) is 27.7 Å². The first-order valence-corrected chi connectivity index (χ1v) is 4.58. The fraction of sp³-hybridized carbons (Fsp3) is 0.800. The Kier molecular flexibility index (Phi) is 3.68. The van der Waals surface area contributed by atoms with Gasteiger partial charge in [0.25, 0.3) is 0 Å². The largest absolute Gasteiger partial charge is 0.480 e. The first-order valence-electron chi connectivity index (χ1n) is 4.58. The van der Waals surface area contributed by atoms with Crippen molar-refractivity contribution in [1.82, 2.24) is 0 Å². The number of hydrogen-bond donors (Lipinski definition) is 1. The number of carboxylic acids is 1. The first kappa shape index (κ1) is 12.9. The van der Waals surface area contributed by atoms with Crippen molar-refractivity contribution in [3.05, 3.63) is 0 Å². The maximum Gasteiger partial charge on any atom is 0.323 e. The average molecular weight is 202 g/mol. The number of rotatable bonds is 3. The average Bonchev–Trinajstić information content (AvgIpc) is 2.00. The second-order valence-electron chi connectivity index (χ2n) is 4.40. The molecule has 0 spiro atoms. The van der Waals surface area contributed by atoms with E-state index in [0.717, 1.165) is 0 Å². The predicted octanol–water partition coefficient (Wildman–Crippen LogP) is 1.69. The molecular weight excluding hydrogens is 184 g/mol. The zero-order valence-electron chi connectivity index (χ0n) is 9.38. The van der Waals surface area contributed by atoms with Crippen LogP contribution in [-0.4, -0.2) is 23.7 Å². The number of esters is 1. The standard InChI is InChI=1S/C10H18O4/c1-6-14-8(13)10(5,7(11)12)9(2,3)4/h6H2,1-5H3,(H,11,12). The zero-order valence-corrected chi connectivity index (χ0v) is 9.38. The summed E-state index contributed by atoms with van der Waals surface area (Å²) in [5.74, 6) is -1.83. The lowest BCUT2D eigenvalue weighted by Gasteiger charge is -2.35. The summed E-state index contributed by atoms with van der Waals surface area (Å²) in [7, 11) is 0. The summed E-state index contributed by atoms with van der Waals surface area (Å²) < 4.78 is 4.78. The smallest absolute Gasteiger partial charge is 0.323 e. The Morgan fingerprint density at radius 2 is 1.64 bits per heavy atom. The number of hydrogen-bond acceptors (Lipinski definition) is 3. The highest BCUT2D eigenvalue weighted by Gasteiger charge is 2.52. The van der Waals surface area contributed by atoms with Gasteiger partial charge in [0, 0.05) is 0 Å². The van der Waals surface area contributed by atoms with Gasteiger partial charge in [-0.1, -0.05) is 20.8 Å². The number of aliphatic carboxylic acids is 1. The van der Waals surface area contributed by atoms with Crippen LogP contribution in [0.3, 0.4) is 0 Å². The predicted molar refractivity (Wildman–Crippen MR) is 51.8 cm³/mol. The van der Waals surface area contributed by atoms with Crippen LogP contribution in [0.5, 0.6) is 0 Å². The van der Waals surface area contributed by atoms with Crippen molar-refractivity contribution in [2.24, 2.45) is 10.8 Å². The van der Waals surface area contributed by atoms with Crippen LogP contribution >= 0.6 is 0 Å². The second-order valence-corrected chi connectivity index (χ2v) is 4.40. The molecule has 1 N–H and O–H groups in total. The molecule has 0 saturated carbocycles. The quantitative estimate of drug-likeness (QED) is 0.558. The van der Waals surface area contributed by atoms with Gasteiger partial charge in [0.2, 0.25) is 0 Å².